The molecule has 6 nitrogen and oxygen atoms in total. The zero-order valence-electron chi connectivity index (χ0n) is 14.4. The molecule has 1 aliphatic rings. The van der Waals surface area contributed by atoms with E-state index in [0.717, 1.165) is 5.56 Å². The number of carbonyl (C=O) groups excluding carboxylic acids is 2. The lowest BCUT2D eigenvalue weighted by Crippen LogP contribution is -2.41. The molecule has 3 N–H and O–H groups in total. The molecule has 138 valence electrons. The minimum absolute atomic E-state index is 0.0318. The van der Waals surface area contributed by atoms with E-state index in [2.05, 4.69) is 0 Å². The number of benzene rings is 1. The molecule has 1 fully saturated rings. The summed E-state index contributed by atoms with van der Waals surface area (Å²) in [5, 5.41) is 10.1. The molecule has 1 heterocycles. The maximum absolute atomic E-state index is 12.5. The first-order valence-electron chi connectivity index (χ1n) is 8.67. The van der Waals surface area contributed by atoms with Crippen LogP contribution in [-0.4, -0.2) is 59.0 Å². The van der Waals surface area contributed by atoms with Gasteiger partial charge in [0.05, 0.1) is 6.10 Å². The predicted octanol–water partition coefficient (Wildman–Crippen LogP) is 1.39. The van der Waals surface area contributed by atoms with Crippen molar-refractivity contribution in [3.63, 3.8) is 0 Å². The molecule has 7 heteroatoms. The molecular formula is C18H26ClN3O3. The van der Waals surface area contributed by atoms with Crippen molar-refractivity contribution in [2.24, 2.45) is 5.73 Å². The smallest absolute Gasteiger partial charge is 0.223 e. The average molecular weight is 368 g/mol. The number of halogens is 1. The summed E-state index contributed by atoms with van der Waals surface area (Å²) in [7, 11) is 0. The molecule has 0 radical (unpaired) electrons. The maximum atomic E-state index is 12.5. The van der Waals surface area contributed by atoms with Crippen LogP contribution in [0.5, 0.6) is 0 Å². The van der Waals surface area contributed by atoms with Crippen molar-refractivity contribution in [2.75, 3.05) is 26.2 Å². The fourth-order valence-electron chi connectivity index (χ4n) is 2.95. The lowest BCUT2D eigenvalue weighted by Gasteiger charge is -2.30. The number of hydrogen-bond acceptors (Lipinski definition) is 4. The molecule has 0 aliphatic carbocycles. The van der Waals surface area contributed by atoms with E-state index in [9.17, 15) is 14.7 Å². The van der Waals surface area contributed by atoms with Crippen LogP contribution in [0.1, 0.15) is 31.2 Å². The first-order valence-corrected chi connectivity index (χ1v) is 9.05. The molecule has 0 atom stereocenters. The highest BCUT2D eigenvalue weighted by Gasteiger charge is 2.22. The molecule has 0 bridgehead atoms. The Labute approximate surface area is 153 Å². The normalized spacial score (nSPS) is 15.2. The van der Waals surface area contributed by atoms with E-state index in [4.69, 9.17) is 17.3 Å². The molecule has 1 aromatic carbocycles. The lowest BCUT2D eigenvalue weighted by molar-refractivity contribution is -0.138. The first kappa shape index (κ1) is 19.7. The van der Waals surface area contributed by atoms with Gasteiger partial charge in [-0.2, -0.15) is 0 Å². The Morgan fingerprint density at radius 1 is 1.28 bits per heavy atom. The summed E-state index contributed by atoms with van der Waals surface area (Å²) >= 11 is 5.99. The van der Waals surface area contributed by atoms with E-state index in [0.29, 0.717) is 50.6 Å². The van der Waals surface area contributed by atoms with Gasteiger partial charge in [0.1, 0.15) is 0 Å². The Hall–Kier alpha value is -1.63. The first-order chi connectivity index (χ1) is 12.0. The Kier molecular flexibility index (Phi) is 7.68. The van der Waals surface area contributed by atoms with Crippen molar-refractivity contribution in [1.82, 2.24) is 9.80 Å². The molecule has 1 aromatic rings. The molecule has 0 unspecified atom stereocenters. The van der Waals surface area contributed by atoms with Crippen LogP contribution in [0.15, 0.2) is 24.3 Å². The summed E-state index contributed by atoms with van der Waals surface area (Å²) in [5.74, 6) is -0.119. The summed E-state index contributed by atoms with van der Waals surface area (Å²) in [6.45, 7) is 2.35. The standard InChI is InChI=1S/C18H26ClN3O3/c19-15-3-1-2-14(12-15)13-22(11-8-20)18(25)5-4-17(24)21-9-6-16(23)7-10-21/h1-3,12,16,23H,4-11,13,20H2. The van der Waals surface area contributed by atoms with Gasteiger partial charge < -0.3 is 20.6 Å². The van der Waals surface area contributed by atoms with E-state index < -0.39 is 0 Å². The second-order valence-electron chi connectivity index (χ2n) is 6.35. The van der Waals surface area contributed by atoms with E-state index in [-0.39, 0.29) is 30.8 Å². The fourth-order valence-corrected chi connectivity index (χ4v) is 3.16. The Bertz CT molecular complexity index is 589. The van der Waals surface area contributed by atoms with Crippen LogP contribution in [0.3, 0.4) is 0 Å². The predicted molar refractivity (Wildman–Crippen MR) is 97.0 cm³/mol. The van der Waals surface area contributed by atoms with E-state index in [1.165, 1.54) is 0 Å². The summed E-state index contributed by atoms with van der Waals surface area (Å²) in [6.07, 6.45) is 1.24. The highest BCUT2D eigenvalue weighted by Crippen LogP contribution is 2.15. The van der Waals surface area contributed by atoms with E-state index >= 15 is 0 Å². The van der Waals surface area contributed by atoms with Gasteiger partial charge in [-0.1, -0.05) is 23.7 Å². The molecule has 25 heavy (non-hydrogen) atoms. The Balaban J connectivity index is 1.86. The van der Waals surface area contributed by atoms with Crippen molar-refractivity contribution in [2.45, 2.75) is 38.3 Å². The number of amides is 2. The summed E-state index contributed by atoms with van der Waals surface area (Å²) < 4.78 is 0. The molecular weight excluding hydrogens is 342 g/mol. The van der Waals surface area contributed by atoms with Gasteiger partial charge in [0.2, 0.25) is 11.8 Å². The molecule has 0 aromatic heterocycles. The van der Waals surface area contributed by atoms with Gasteiger partial charge in [0, 0.05) is 50.6 Å². The number of rotatable bonds is 7. The third-order valence-corrected chi connectivity index (χ3v) is 4.62. The number of aliphatic hydroxyl groups is 1. The third kappa shape index (κ3) is 6.30. The van der Waals surface area contributed by atoms with Crippen molar-refractivity contribution < 1.29 is 14.7 Å². The molecule has 2 rings (SSSR count). The van der Waals surface area contributed by atoms with Crippen molar-refractivity contribution >= 4 is 23.4 Å². The lowest BCUT2D eigenvalue weighted by atomic mass is 10.1. The molecule has 0 spiro atoms. The number of likely N-dealkylation sites (tertiary alicyclic amines) is 1. The van der Waals surface area contributed by atoms with Gasteiger partial charge in [-0.05, 0) is 30.5 Å². The van der Waals surface area contributed by atoms with E-state index in [1.54, 1.807) is 15.9 Å². The van der Waals surface area contributed by atoms with Crippen LogP contribution in [-0.2, 0) is 16.1 Å². The van der Waals surface area contributed by atoms with Gasteiger partial charge in [-0.3, -0.25) is 9.59 Å². The Morgan fingerprint density at radius 2 is 2.00 bits per heavy atom. The fraction of sp³-hybridized carbons (Fsp3) is 0.556. The average Bonchev–Trinajstić information content (AvgIpc) is 2.59. The van der Waals surface area contributed by atoms with Gasteiger partial charge in [0.15, 0.2) is 0 Å². The highest BCUT2D eigenvalue weighted by molar-refractivity contribution is 6.30. The van der Waals surface area contributed by atoms with Gasteiger partial charge in [-0.25, -0.2) is 0 Å². The van der Waals surface area contributed by atoms with Crippen LogP contribution in [0.25, 0.3) is 0 Å². The number of piperidine rings is 1. The summed E-state index contributed by atoms with van der Waals surface area (Å²) in [6, 6.07) is 7.36. The maximum Gasteiger partial charge on any atom is 0.223 e. The monoisotopic (exact) mass is 367 g/mol. The van der Waals surface area contributed by atoms with Crippen LogP contribution >= 0.6 is 11.6 Å². The number of hydrogen-bond donors (Lipinski definition) is 2. The minimum atomic E-state index is -0.316. The minimum Gasteiger partial charge on any atom is -0.393 e. The zero-order chi connectivity index (χ0) is 18.2. The Morgan fingerprint density at radius 3 is 2.64 bits per heavy atom. The topological polar surface area (TPSA) is 86.9 Å². The van der Waals surface area contributed by atoms with Gasteiger partial charge >= 0.3 is 0 Å². The van der Waals surface area contributed by atoms with Gasteiger partial charge in [0.25, 0.3) is 0 Å². The molecule has 1 aliphatic heterocycles. The largest absolute Gasteiger partial charge is 0.393 e. The molecule has 0 saturated carbocycles. The number of aliphatic hydroxyl groups excluding tert-OH is 1. The highest BCUT2D eigenvalue weighted by atomic mass is 35.5. The van der Waals surface area contributed by atoms with Crippen LogP contribution in [0.4, 0.5) is 0 Å². The van der Waals surface area contributed by atoms with Crippen LogP contribution < -0.4 is 5.73 Å². The van der Waals surface area contributed by atoms with E-state index in [1.807, 2.05) is 18.2 Å². The number of carbonyl (C=O) groups is 2. The third-order valence-electron chi connectivity index (χ3n) is 4.38. The quantitative estimate of drug-likeness (QED) is 0.762. The van der Waals surface area contributed by atoms with Gasteiger partial charge in [-0.15, -0.1) is 0 Å². The van der Waals surface area contributed by atoms with Crippen molar-refractivity contribution in [3.8, 4) is 0 Å². The number of nitrogens with two attached hydrogens (primary N) is 1. The second kappa shape index (κ2) is 9.75. The van der Waals surface area contributed by atoms with Crippen LogP contribution in [0.2, 0.25) is 5.02 Å². The van der Waals surface area contributed by atoms with Crippen molar-refractivity contribution in [1.29, 1.82) is 0 Å². The zero-order valence-corrected chi connectivity index (χ0v) is 15.1. The molecule has 1 saturated heterocycles. The van der Waals surface area contributed by atoms with Crippen molar-refractivity contribution in [3.05, 3.63) is 34.9 Å². The summed E-state index contributed by atoms with van der Waals surface area (Å²) in [4.78, 5) is 28.1. The molecule has 2 amide bonds. The number of nitrogens with zero attached hydrogens (tertiary/aromatic N) is 2. The summed E-state index contributed by atoms with van der Waals surface area (Å²) in [5.41, 5.74) is 6.55. The SMILES string of the molecule is NCCN(Cc1cccc(Cl)c1)C(=O)CCC(=O)N1CCC(O)CC1. The second-order valence-corrected chi connectivity index (χ2v) is 6.78. The van der Waals surface area contributed by atoms with Crippen LogP contribution in [0, 0.1) is 0 Å².